The van der Waals surface area contributed by atoms with Crippen molar-refractivity contribution >= 4 is 27.7 Å². The van der Waals surface area contributed by atoms with Crippen LogP contribution in [-0.4, -0.2) is 10.9 Å². The van der Waals surface area contributed by atoms with Gasteiger partial charge in [0, 0.05) is 6.20 Å². The van der Waals surface area contributed by atoms with Gasteiger partial charge in [-0.3, -0.25) is 4.79 Å². The van der Waals surface area contributed by atoms with Crippen molar-refractivity contribution in [3.05, 3.63) is 57.9 Å². The minimum absolute atomic E-state index is 0.175. The normalized spacial score (nSPS) is 10.3. The van der Waals surface area contributed by atoms with Gasteiger partial charge in [-0.2, -0.15) is 0 Å². The Balaban J connectivity index is 2.01. The average molecular weight is 323 g/mol. The lowest BCUT2D eigenvalue weighted by atomic mass is 10.1. The summed E-state index contributed by atoms with van der Waals surface area (Å²) in [5.41, 5.74) is 1.76. The highest BCUT2D eigenvalue weighted by molar-refractivity contribution is 9.10. The number of pyridine rings is 1. The lowest BCUT2D eigenvalue weighted by Gasteiger charge is -2.05. The highest BCUT2D eigenvalue weighted by Crippen LogP contribution is 2.17. The Labute approximate surface area is 119 Å². The fourth-order valence-electron chi connectivity index (χ4n) is 1.56. The van der Waals surface area contributed by atoms with E-state index < -0.39 is 0 Å². The molecule has 0 fully saturated rings. The second-order valence-electron chi connectivity index (χ2n) is 4.19. The van der Waals surface area contributed by atoms with Gasteiger partial charge >= 0.3 is 0 Å². The molecule has 1 heterocycles. The second kappa shape index (κ2) is 5.93. The first-order chi connectivity index (χ1) is 9.04. The molecule has 3 nitrogen and oxygen atoms in total. The molecule has 1 amide bonds. The number of rotatable bonds is 3. The molecule has 0 saturated carbocycles. The molecule has 0 aliphatic rings. The molecule has 2 aromatic rings. The molecule has 2 rings (SSSR count). The minimum Gasteiger partial charge on any atom is -0.310 e. The maximum absolute atomic E-state index is 13.1. The second-order valence-corrected chi connectivity index (χ2v) is 5.05. The summed E-state index contributed by atoms with van der Waals surface area (Å²) in [6.07, 6.45) is 1.86. The molecule has 0 radical (unpaired) electrons. The molecule has 0 aliphatic heterocycles. The molecule has 5 heteroatoms. The summed E-state index contributed by atoms with van der Waals surface area (Å²) >= 11 is 3.09. The number of anilines is 1. The van der Waals surface area contributed by atoms with E-state index in [0.29, 0.717) is 10.3 Å². The number of carbonyl (C=O) groups excluding carboxylic acids is 1. The zero-order valence-electron chi connectivity index (χ0n) is 10.3. The minimum atomic E-state index is -0.343. The number of hydrogen-bond acceptors (Lipinski definition) is 2. The van der Waals surface area contributed by atoms with Gasteiger partial charge in [0.15, 0.2) is 0 Å². The van der Waals surface area contributed by atoms with E-state index in [2.05, 4.69) is 26.2 Å². The topological polar surface area (TPSA) is 42.0 Å². The molecule has 0 atom stereocenters. The zero-order valence-corrected chi connectivity index (χ0v) is 11.9. The number of nitrogens with one attached hydrogen (secondary N) is 1. The van der Waals surface area contributed by atoms with Crippen LogP contribution in [0.5, 0.6) is 0 Å². The standard InChI is InChI=1S/C14H12BrFN2O/c1-9-2-5-13(17-8-9)18-14(19)7-10-3-4-12(16)11(15)6-10/h2-6,8H,7H2,1H3,(H,17,18,19). The Morgan fingerprint density at radius 1 is 1.37 bits per heavy atom. The lowest BCUT2D eigenvalue weighted by Crippen LogP contribution is -2.15. The van der Waals surface area contributed by atoms with E-state index in [1.165, 1.54) is 6.07 Å². The monoisotopic (exact) mass is 322 g/mol. The fourth-order valence-corrected chi connectivity index (χ4v) is 1.99. The summed E-state index contributed by atoms with van der Waals surface area (Å²) in [7, 11) is 0. The SMILES string of the molecule is Cc1ccc(NC(=O)Cc2ccc(F)c(Br)c2)nc1. The molecular weight excluding hydrogens is 311 g/mol. The van der Waals surface area contributed by atoms with Crippen LogP contribution in [0.4, 0.5) is 10.2 Å². The molecule has 0 unspecified atom stereocenters. The average Bonchev–Trinajstić information content (AvgIpc) is 2.37. The van der Waals surface area contributed by atoms with Crippen molar-refractivity contribution in [1.29, 1.82) is 0 Å². The third-order valence-electron chi connectivity index (χ3n) is 2.53. The Morgan fingerprint density at radius 3 is 2.79 bits per heavy atom. The molecule has 0 saturated heterocycles. The van der Waals surface area contributed by atoms with Crippen LogP contribution in [0.25, 0.3) is 0 Å². The van der Waals surface area contributed by atoms with Crippen LogP contribution < -0.4 is 5.32 Å². The van der Waals surface area contributed by atoms with Crippen molar-refractivity contribution in [2.45, 2.75) is 13.3 Å². The summed E-state index contributed by atoms with van der Waals surface area (Å²) in [4.78, 5) is 15.9. The number of nitrogens with zero attached hydrogens (tertiary/aromatic N) is 1. The van der Waals surface area contributed by atoms with Gasteiger partial charge in [0.05, 0.1) is 10.9 Å². The smallest absolute Gasteiger partial charge is 0.229 e. The summed E-state index contributed by atoms with van der Waals surface area (Å²) < 4.78 is 13.4. The van der Waals surface area contributed by atoms with E-state index in [9.17, 15) is 9.18 Å². The van der Waals surface area contributed by atoms with Crippen LogP contribution in [-0.2, 0) is 11.2 Å². The number of halogens is 2. The van der Waals surface area contributed by atoms with Gasteiger partial charge < -0.3 is 5.32 Å². The Bertz CT molecular complexity index is 599. The van der Waals surface area contributed by atoms with Gasteiger partial charge in [0.1, 0.15) is 11.6 Å². The maximum Gasteiger partial charge on any atom is 0.229 e. The van der Waals surface area contributed by atoms with Crippen molar-refractivity contribution in [2.24, 2.45) is 0 Å². The van der Waals surface area contributed by atoms with E-state index in [1.54, 1.807) is 24.4 Å². The van der Waals surface area contributed by atoms with Crippen LogP contribution in [0.1, 0.15) is 11.1 Å². The Hall–Kier alpha value is -1.75. The number of aryl methyl sites for hydroxylation is 1. The van der Waals surface area contributed by atoms with Gasteiger partial charge in [0.25, 0.3) is 0 Å². The fraction of sp³-hybridized carbons (Fsp3) is 0.143. The highest BCUT2D eigenvalue weighted by atomic mass is 79.9. The zero-order chi connectivity index (χ0) is 13.8. The van der Waals surface area contributed by atoms with Crippen molar-refractivity contribution in [3.63, 3.8) is 0 Å². The van der Waals surface area contributed by atoms with Crippen LogP contribution in [0.2, 0.25) is 0 Å². The van der Waals surface area contributed by atoms with E-state index in [1.807, 2.05) is 13.0 Å². The molecule has 0 spiro atoms. The van der Waals surface area contributed by atoms with Crippen LogP contribution in [0, 0.1) is 12.7 Å². The van der Waals surface area contributed by atoms with Gasteiger partial charge in [-0.1, -0.05) is 12.1 Å². The molecule has 0 bridgehead atoms. The molecule has 19 heavy (non-hydrogen) atoms. The van der Waals surface area contributed by atoms with Gasteiger partial charge in [-0.25, -0.2) is 9.37 Å². The van der Waals surface area contributed by atoms with Crippen molar-refractivity contribution < 1.29 is 9.18 Å². The predicted molar refractivity (Wildman–Crippen MR) is 75.4 cm³/mol. The largest absolute Gasteiger partial charge is 0.310 e. The van der Waals surface area contributed by atoms with Gasteiger partial charge in [-0.05, 0) is 52.2 Å². The number of amides is 1. The molecule has 0 aliphatic carbocycles. The first kappa shape index (κ1) is 13.7. The first-order valence-corrected chi connectivity index (χ1v) is 6.50. The number of hydrogen-bond donors (Lipinski definition) is 1. The van der Waals surface area contributed by atoms with E-state index >= 15 is 0 Å². The maximum atomic E-state index is 13.1. The Kier molecular flexibility index (Phi) is 4.27. The van der Waals surface area contributed by atoms with Crippen LogP contribution >= 0.6 is 15.9 Å². The Morgan fingerprint density at radius 2 is 2.16 bits per heavy atom. The predicted octanol–water partition coefficient (Wildman–Crippen LogP) is 3.47. The molecule has 1 aromatic heterocycles. The summed E-state index contributed by atoms with van der Waals surface area (Å²) in [6.45, 7) is 1.93. The summed E-state index contributed by atoms with van der Waals surface area (Å²) in [6, 6.07) is 8.13. The number of aromatic nitrogens is 1. The van der Waals surface area contributed by atoms with Gasteiger partial charge in [0.2, 0.25) is 5.91 Å². The molecule has 1 N–H and O–H groups in total. The van der Waals surface area contributed by atoms with Crippen LogP contribution in [0.15, 0.2) is 41.0 Å². The van der Waals surface area contributed by atoms with Crippen molar-refractivity contribution in [3.8, 4) is 0 Å². The van der Waals surface area contributed by atoms with Gasteiger partial charge in [-0.15, -0.1) is 0 Å². The van der Waals surface area contributed by atoms with Crippen molar-refractivity contribution in [1.82, 2.24) is 4.98 Å². The quantitative estimate of drug-likeness (QED) is 0.940. The first-order valence-electron chi connectivity index (χ1n) is 5.71. The van der Waals surface area contributed by atoms with E-state index in [0.717, 1.165) is 11.1 Å². The highest BCUT2D eigenvalue weighted by Gasteiger charge is 2.07. The third kappa shape index (κ3) is 3.86. The number of benzene rings is 1. The summed E-state index contributed by atoms with van der Waals surface area (Å²) in [5.74, 6) is -0.0176. The van der Waals surface area contributed by atoms with E-state index in [-0.39, 0.29) is 18.1 Å². The molecule has 1 aromatic carbocycles. The van der Waals surface area contributed by atoms with Crippen LogP contribution in [0.3, 0.4) is 0 Å². The number of carbonyl (C=O) groups is 1. The molecular formula is C14H12BrFN2O. The molecule has 98 valence electrons. The van der Waals surface area contributed by atoms with E-state index in [4.69, 9.17) is 0 Å². The van der Waals surface area contributed by atoms with Crippen molar-refractivity contribution in [2.75, 3.05) is 5.32 Å². The lowest BCUT2D eigenvalue weighted by molar-refractivity contribution is -0.115. The third-order valence-corrected chi connectivity index (χ3v) is 3.14. The summed E-state index contributed by atoms with van der Waals surface area (Å²) in [5, 5.41) is 2.69.